The Morgan fingerprint density at radius 3 is 2.65 bits per heavy atom. The molecule has 17 heavy (non-hydrogen) atoms. The number of halogens is 1. The fraction of sp³-hybridized carbons (Fsp3) is 0.538. The molecule has 0 aromatic heterocycles. The maximum Gasteiger partial charge on any atom is 0.133 e. The van der Waals surface area contributed by atoms with Crippen molar-refractivity contribution in [1.82, 2.24) is 5.32 Å². The summed E-state index contributed by atoms with van der Waals surface area (Å²) in [6.07, 6.45) is 0. The van der Waals surface area contributed by atoms with Gasteiger partial charge in [-0.2, -0.15) is 0 Å². The van der Waals surface area contributed by atoms with Gasteiger partial charge in [0.15, 0.2) is 0 Å². The van der Waals surface area contributed by atoms with Crippen molar-refractivity contribution in [2.24, 2.45) is 0 Å². The lowest BCUT2D eigenvalue weighted by Crippen LogP contribution is -2.42. The first-order valence-corrected chi connectivity index (χ1v) is 6.55. The molecule has 0 heterocycles. The van der Waals surface area contributed by atoms with Crippen LogP contribution in [0.4, 0.5) is 0 Å². The number of aliphatic hydroxyl groups excluding tert-OH is 1. The zero-order valence-electron chi connectivity index (χ0n) is 10.6. The van der Waals surface area contributed by atoms with Crippen LogP contribution in [0.15, 0.2) is 22.7 Å². The Labute approximate surface area is 111 Å². The molecule has 0 unspecified atom stereocenters. The van der Waals surface area contributed by atoms with Gasteiger partial charge in [-0.3, -0.25) is 0 Å². The van der Waals surface area contributed by atoms with Gasteiger partial charge in [-0.15, -0.1) is 0 Å². The van der Waals surface area contributed by atoms with E-state index in [1.807, 2.05) is 39.0 Å². The van der Waals surface area contributed by atoms with E-state index in [0.29, 0.717) is 6.61 Å². The molecule has 4 heteroatoms. The van der Waals surface area contributed by atoms with Crippen LogP contribution >= 0.6 is 15.9 Å². The van der Waals surface area contributed by atoms with Crippen LogP contribution in [-0.4, -0.2) is 23.9 Å². The maximum absolute atomic E-state index is 9.15. The summed E-state index contributed by atoms with van der Waals surface area (Å²) in [7, 11) is 0. The van der Waals surface area contributed by atoms with Crippen LogP contribution < -0.4 is 10.1 Å². The van der Waals surface area contributed by atoms with Gasteiger partial charge in [0.05, 0.1) is 17.7 Å². The second-order valence-electron chi connectivity index (χ2n) is 4.59. The van der Waals surface area contributed by atoms with Gasteiger partial charge in [-0.25, -0.2) is 0 Å². The minimum Gasteiger partial charge on any atom is -0.493 e. The molecule has 1 aromatic rings. The van der Waals surface area contributed by atoms with Gasteiger partial charge < -0.3 is 15.2 Å². The maximum atomic E-state index is 9.15. The third-order valence-electron chi connectivity index (χ3n) is 2.46. The predicted octanol–water partition coefficient (Wildman–Crippen LogP) is 2.71. The number of ether oxygens (including phenoxy) is 1. The normalized spacial score (nSPS) is 11.6. The third kappa shape index (κ3) is 4.66. The minimum atomic E-state index is -0.259. The van der Waals surface area contributed by atoms with Gasteiger partial charge >= 0.3 is 0 Å². The van der Waals surface area contributed by atoms with Crippen molar-refractivity contribution in [2.75, 3.05) is 13.2 Å². The van der Waals surface area contributed by atoms with Crippen LogP contribution in [0.1, 0.15) is 26.3 Å². The molecule has 1 rings (SSSR count). The first-order valence-electron chi connectivity index (χ1n) is 5.75. The molecule has 0 fully saturated rings. The summed E-state index contributed by atoms with van der Waals surface area (Å²) < 4.78 is 6.41. The average molecular weight is 302 g/mol. The first kappa shape index (κ1) is 14.5. The van der Waals surface area contributed by atoms with Crippen LogP contribution in [0.25, 0.3) is 0 Å². The molecular formula is C13H20BrNO2. The van der Waals surface area contributed by atoms with Crippen LogP contribution in [0.2, 0.25) is 0 Å². The van der Waals surface area contributed by atoms with E-state index in [9.17, 15) is 0 Å². The van der Waals surface area contributed by atoms with E-state index in [2.05, 4.69) is 21.2 Å². The Balaban J connectivity index is 2.64. The summed E-state index contributed by atoms with van der Waals surface area (Å²) in [5.41, 5.74) is 0.896. The summed E-state index contributed by atoms with van der Waals surface area (Å²) in [4.78, 5) is 0. The molecule has 0 spiro atoms. The zero-order valence-corrected chi connectivity index (χ0v) is 12.2. The lowest BCUT2D eigenvalue weighted by Gasteiger charge is -2.23. The smallest absolute Gasteiger partial charge is 0.133 e. The number of nitrogens with one attached hydrogen (secondary N) is 1. The molecular weight excluding hydrogens is 282 g/mol. The van der Waals surface area contributed by atoms with Crippen molar-refractivity contribution in [1.29, 1.82) is 0 Å². The number of hydrogen-bond acceptors (Lipinski definition) is 3. The molecule has 96 valence electrons. The highest BCUT2D eigenvalue weighted by molar-refractivity contribution is 9.10. The Morgan fingerprint density at radius 2 is 2.12 bits per heavy atom. The largest absolute Gasteiger partial charge is 0.493 e. The number of hydrogen-bond donors (Lipinski definition) is 2. The van der Waals surface area contributed by atoms with Crippen molar-refractivity contribution >= 4 is 15.9 Å². The van der Waals surface area contributed by atoms with Gasteiger partial charge in [-0.05, 0) is 54.4 Å². The Bertz CT molecular complexity index is 366. The first-order chi connectivity index (χ1) is 7.98. The van der Waals surface area contributed by atoms with Crippen molar-refractivity contribution < 1.29 is 9.84 Å². The van der Waals surface area contributed by atoms with E-state index >= 15 is 0 Å². The van der Waals surface area contributed by atoms with Crippen molar-refractivity contribution in [3.8, 4) is 5.75 Å². The molecule has 0 aliphatic rings. The molecule has 0 aliphatic heterocycles. The van der Waals surface area contributed by atoms with Crippen LogP contribution in [0.5, 0.6) is 5.75 Å². The summed E-state index contributed by atoms with van der Waals surface area (Å²) in [6, 6.07) is 6.01. The molecule has 0 saturated heterocycles. The molecule has 0 aliphatic carbocycles. The molecule has 0 radical (unpaired) electrons. The van der Waals surface area contributed by atoms with Gasteiger partial charge in [0.2, 0.25) is 0 Å². The fourth-order valence-electron chi connectivity index (χ4n) is 1.32. The highest BCUT2D eigenvalue weighted by Gasteiger charge is 2.15. The number of aliphatic hydroxyl groups is 1. The summed E-state index contributed by atoms with van der Waals surface area (Å²) in [6.45, 7) is 7.40. The van der Waals surface area contributed by atoms with E-state index in [1.165, 1.54) is 0 Å². The molecule has 3 nitrogen and oxygen atoms in total. The van der Waals surface area contributed by atoms with Crippen molar-refractivity contribution in [3.63, 3.8) is 0 Å². The van der Waals surface area contributed by atoms with E-state index in [1.54, 1.807) is 0 Å². The highest BCUT2D eigenvalue weighted by Crippen LogP contribution is 2.26. The van der Waals surface area contributed by atoms with E-state index in [4.69, 9.17) is 9.84 Å². The molecule has 0 saturated carbocycles. The van der Waals surface area contributed by atoms with Gasteiger partial charge in [0, 0.05) is 12.1 Å². The topological polar surface area (TPSA) is 41.5 Å². The molecule has 1 aromatic carbocycles. The third-order valence-corrected chi connectivity index (χ3v) is 3.08. The lowest BCUT2D eigenvalue weighted by molar-refractivity contribution is 0.187. The zero-order chi connectivity index (χ0) is 12.9. The van der Waals surface area contributed by atoms with Crippen LogP contribution in [-0.2, 0) is 6.54 Å². The molecule has 0 atom stereocenters. The SMILES string of the molecule is CCOc1ccc(CNC(C)(C)CO)cc1Br. The van der Waals surface area contributed by atoms with E-state index in [0.717, 1.165) is 22.3 Å². The van der Waals surface area contributed by atoms with Gasteiger partial charge in [-0.1, -0.05) is 6.07 Å². The molecule has 2 N–H and O–H groups in total. The standard InChI is InChI=1S/C13H20BrNO2/c1-4-17-12-6-5-10(7-11(12)14)8-15-13(2,3)9-16/h5-7,15-16H,4,8-9H2,1-3H3. The molecule has 0 amide bonds. The monoisotopic (exact) mass is 301 g/mol. The summed E-state index contributed by atoms with van der Waals surface area (Å²) in [5.74, 6) is 0.859. The minimum absolute atomic E-state index is 0.116. The van der Waals surface area contributed by atoms with Crippen LogP contribution in [0.3, 0.4) is 0 Å². The number of benzene rings is 1. The van der Waals surface area contributed by atoms with Gasteiger partial charge in [0.1, 0.15) is 5.75 Å². The predicted molar refractivity (Wildman–Crippen MR) is 73.3 cm³/mol. The molecule has 0 bridgehead atoms. The van der Waals surface area contributed by atoms with E-state index in [-0.39, 0.29) is 12.1 Å². The summed E-state index contributed by atoms with van der Waals surface area (Å²) >= 11 is 3.48. The van der Waals surface area contributed by atoms with Gasteiger partial charge in [0.25, 0.3) is 0 Å². The Kier molecular flexibility index (Phi) is 5.43. The average Bonchev–Trinajstić information content (AvgIpc) is 2.30. The Hall–Kier alpha value is -0.580. The second kappa shape index (κ2) is 6.38. The fourth-order valence-corrected chi connectivity index (χ4v) is 1.86. The quantitative estimate of drug-likeness (QED) is 0.849. The van der Waals surface area contributed by atoms with Crippen LogP contribution in [0, 0.1) is 0 Å². The Morgan fingerprint density at radius 1 is 1.41 bits per heavy atom. The van der Waals surface area contributed by atoms with E-state index < -0.39 is 0 Å². The highest BCUT2D eigenvalue weighted by atomic mass is 79.9. The van der Waals surface area contributed by atoms with Crippen molar-refractivity contribution in [2.45, 2.75) is 32.9 Å². The number of rotatable bonds is 6. The lowest BCUT2D eigenvalue weighted by atomic mass is 10.1. The summed E-state index contributed by atoms with van der Waals surface area (Å²) in [5, 5.41) is 12.4. The second-order valence-corrected chi connectivity index (χ2v) is 5.45. The van der Waals surface area contributed by atoms with Crippen molar-refractivity contribution in [3.05, 3.63) is 28.2 Å².